The number of hydrogen-bond acceptors (Lipinski definition) is 5. The SMILES string of the molecule is C[C@H]1CCc2sc3ncn4nc(C(=O)NCC[NH+](C)C)nc4c3c2C1. The molecule has 2 N–H and O–H groups in total. The Balaban J connectivity index is 1.71. The molecule has 0 bridgehead atoms. The first kappa shape index (κ1) is 16.4. The number of aryl methyl sites for hydroxylation is 1. The molecule has 0 saturated carbocycles. The molecule has 3 aromatic rings. The Kier molecular flexibility index (Phi) is 4.16. The Morgan fingerprint density at radius 2 is 2.32 bits per heavy atom. The van der Waals surface area contributed by atoms with Crippen LogP contribution in [0, 0.1) is 5.92 Å². The molecule has 4 rings (SSSR count). The summed E-state index contributed by atoms with van der Waals surface area (Å²) in [5.41, 5.74) is 2.10. The van der Waals surface area contributed by atoms with E-state index >= 15 is 0 Å². The van der Waals surface area contributed by atoms with Gasteiger partial charge in [-0.25, -0.2) is 14.5 Å². The fourth-order valence-corrected chi connectivity index (χ4v) is 4.53. The third-order valence-corrected chi connectivity index (χ3v) is 5.94. The van der Waals surface area contributed by atoms with Crippen LogP contribution in [0.3, 0.4) is 0 Å². The minimum Gasteiger partial charge on any atom is -0.344 e. The van der Waals surface area contributed by atoms with Crippen LogP contribution in [0.2, 0.25) is 0 Å². The lowest BCUT2D eigenvalue weighted by atomic mass is 9.89. The molecule has 0 aliphatic heterocycles. The summed E-state index contributed by atoms with van der Waals surface area (Å²) in [5.74, 6) is 0.659. The van der Waals surface area contributed by atoms with Gasteiger partial charge in [0.25, 0.3) is 5.91 Å². The van der Waals surface area contributed by atoms with Crippen LogP contribution in [-0.4, -0.2) is 52.7 Å². The van der Waals surface area contributed by atoms with E-state index in [2.05, 4.69) is 41.4 Å². The van der Waals surface area contributed by atoms with E-state index in [0.717, 1.165) is 35.3 Å². The Morgan fingerprint density at radius 3 is 3.12 bits per heavy atom. The summed E-state index contributed by atoms with van der Waals surface area (Å²) in [7, 11) is 4.11. The lowest BCUT2D eigenvalue weighted by Gasteiger charge is -2.17. The molecule has 0 fully saturated rings. The Morgan fingerprint density at radius 1 is 1.48 bits per heavy atom. The molecule has 7 nitrogen and oxygen atoms in total. The summed E-state index contributed by atoms with van der Waals surface area (Å²) in [6.45, 7) is 3.76. The largest absolute Gasteiger partial charge is 0.344 e. The molecule has 1 atom stereocenters. The minimum atomic E-state index is -0.226. The fourth-order valence-electron chi connectivity index (χ4n) is 3.35. The van der Waals surface area contributed by atoms with Gasteiger partial charge in [-0.3, -0.25) is 4.79 Å². The number of likely N-dealkylation sites (N-methyl/N-ethyl adjacent to an activating group) is 1. The molecule has 0 unspecified atom stereocenters. The van der Waals surface area contributed by atoms with Crippen LogP contribution in [0.1, 0.15) is 34.4 Å². The van der Waals surface area contributed by atoms with E-state index < -0.39 is 0 Å². The van der Waals surface area contributed by atoms with Crippen molar-refractivity contribution >= 4 is 33.1 Å². The van der Waals surface area contributed by atoms with Crippen molar-refractivity contribution in [2.45, 2.75) is 26.2 Å². The number of carbonyl (C=O) groups excluding carboxylic acids is 1. The number of aromatic nitrogens is 4. The zero-order valence-corrected chi connectivity index (χ0v) is 15.6. The maximum Gasteiger partial charge on any atom is 0.291 e. The molecule has 25 heavy (non-hydrogen) atoms. The second-order valence-electron chi connectivity index (χ2n) is 7.19. The quantitative estimate of drug-likeness (QED) is 0.704. The van der Waals surface area contributed by atoms with Crippen molar-refractivity contribution < 1.29 is 9.69 Å². The van der Waals surface area contributed by atoms with Crippen LogP contribution < -0.4 is 10.2 Å². The van der Waals surface area contributed by atoms with E-state index in [1.807, 2.05) is 0 Å². The number of nitrogens with zero attached hydrogens (tertiary/aromatic N) is 4. The third-order valence-electron chi connectivity index (χ3n) is 4.74. The van der Waals surface area contributed by atoms with E-state index in [1.165, 1.54) is 21.8 Å². The Labute approximate surface area is 150 Å². The molecule has 132 valence electrons. The molecule has 3 aromatic heterocycles. The first-order valence-electron chi connectivity index (χ1n) is 8.75. The summed E-state index contributed by atoms with van der Waals surface area (Å²) in [6.07, 6.45) is 5.05. The van der Waals surface area contributed by atoms with Crippen molar-refractivity contribution in [3.8, 4) is 0 Å². The van der Waals surface area contributed by atoms with Crippen molar-refractivity contribution in [3.63, 3.8) is 0 Å². The van der Waals surface area contributed by atoms with E-state index in [4.69, 9.17) is 0 Å². The zero-order chi connectivity index (χ0) is 17.6. The molecule has 0 radical (unpaired) electrons. The monoisotopic (exact) mass is 359 g/mol. The fraction of sp³-hybridized carbons (Fsp3) is 0.529. The van der Waals surface area contributed by atoms with Gasteiger partial charge in [-0.15, -0.1) is 16.4 Å². The van der Waals surface area contributed by atoms with Crippen molar-refractivity contribution in [2.24, 2.45) is 5.92 Å². The van der Waals surface area contributed by atoms with Gasteiger partial charge in [0.05, 0.1) is 32.6 Å². The predicted octanol–water partition coefficient (Wildman–Crippen LogP) is 0.338. The van der Waals surface area contributed by atoms with Crippen LogP contribution in [0.5, 0.6) is 0 Å². The normalized spacial score (nSPS) is 17.4. The average molecular weight is 359 g/mol. The van der Waals surface area contributed by atoms with Gasteiger partial charge in [0.2, 0.25) is 5.82 Å². The van der Waals surface area contributed by atoms with Crippen LogP contribution in [-0.2, 0) is 12.8 Å². The number of thiophene rings is 1. The molecule has 1 amide bonds. The minimum absolute atomic E-state index is 0.215. The first-order chi connectivity index (χ1) is 12.0. The van der Waals surface area contributed by atoms with Crippen molar-refractivity contribution in [3.05, 3.63) is 22.6 Å². The summed E-state index contributed by atoms with van der Waals surface area (Å²) in [5, 5.41) is 8.31. The lowest BCUT2D eigenvalue weighted by Crippen LogP contribution is -3.06. The van der Waals surface area contributed by atoms with E-state index in [9.17, 15) is 4.79 Å². The standard InChI is InChI=1S/C17H22N6OS/c1-10-4-5-12-11(8-10)13-15-20-14(16(24)18-6-7-22(2)3)21-23(15)9-19-17(13)25-12/h9-10H,4-8H2,1-3H3,(H,18,24)/p+1/t10-/m0/s1. The zero-order valence-electron chi connectivity index (χ0n) is 14.8. The van der Waals surface area contributed by atoms with Gasteiger partial charge in [0.15, 0.2) is 5.65 Å². The molecule has 1 aliphatic rings. The Hall–Kier alpha value is -2.06. The predicted molar refractivity (Wildman–Crippen MR) is 97.4 cm³/mol. The van der Waals surface area contributed by atoms with Gasteiger partial charge in [0, 0.05) is 4.88 Å². The lowest BCUT2D eigenvalue weighted by molar-refractivity contribution is -0.856. The number of nitrogens with one attached hydrogen (secondary N) is 2. The molecular formula is C17H23N6OS+. The number of carbonyl (C=O) groups is 1. The van der Waals surface area contributed by atoms with E-state index in [-0.39, 0.29) is 11.7 Å². The van der Waals surface area contributed by atoms with Crippen molar-refractivity contribution in [1.82, 2.24) is 24.9 Å². The van der Waals surface area contributed by atoms with Gasteiger partial charge < -0.3 is 10.2 Å². The maximum absolute atomic E-state index is 12.3. The van der Waals surface area contributed by atoms with Crippen molar-refractivity contribution in [2.75, 3.05) is 27.2 Å². The first-order valence-corrected chi connectivity index (χ1v) is 9.57. The Bertz CT molecular complexity index is 944. The average Bonchev–Trinajstić information content (AvgIpc) is 3.14. The highest BCUT2D eigenvalue weighted by atomic mass is 32.1. The van der Waals surface area contributed by atoms with Crippen molar-refractivity contribution in [1.29, 1.82) is 0 Å². The highest BCUT2D eigenvalue weighted by Crippen LogP contribution is 2.38. The number of amides is 1. The van der Waals surface area contributed by atoms with Gasteiger partial charge >= 0.3 is 0 Å². The molecule has 3 heterocycles. The summed E-state index contributed by atoms with van der Waals surface area (Å²) >= 11 is 1.76. The molecule has 0 spiro atoms. The number of rotatable bonds is 4. The van der Waals surface area contributed by atoms with Gasteiger partial charge in [-0.1, -0.05) is 6.92 Å². The smallest absolute Gasteiger partial charge is 0.291 e. The topological polar surface area (TPSA) is 76.6 Å². The maximum atomic E-state index is 12.3. The highest BCUT2D eigenvalue weighted by Gasteiger charge is 2.24. The molecule has 8 heteroatoms. The number of quaternary nitrogens is 1. The molecule has 1 aliphatic carbocycles. The second-order valence-corrected chi connectivity index (χ2v) is 8.28. The van der Waals surface area contributed by atoms with Gasteiger partial charge in [-0.05, 0) is 30.7 Å². The third kappa shape index (κ3) is 3.00. The highest BCUT2D eigenvalue weighted by molar-refractivity contribution is 7.19. The second kappa shape index (κ2) is 6.34. The van der Waals surface area contributed by atoms with E-state index in [1.54, 1.807) is 22.2 Å². The van der Waals surface area contributed by atoms with Crippen LogP contribution >= 0.6 is 11.3 Å². The van der Waals surface area contributed by atoms with Gasteiger partial charge in [0.1, 0.15) is 11.2 Å². The number of fused-ring (bicyclic) bond motifs is 5. The van der Waals surface area contributed by atoms with Crippen LogP contribution in [0.15, 0.2) is 6.33 Å². The molecular weight excluding hydrogens is 336 g/mol. The molecule has 0 aromatic carbocycles. The summed E-state index contributed by atoms with van der Waals surface area (Å²) in [4.78, 5) is 25.1. The van der Waals surface area contributed by atoms with E-state index in [0.29, 0.717) is 12.5 Å². The number of hydrogen-bond donors (Lipinski definition) is 2. The van der Waals surface area contributed by atoms with Gasteiger partial charge in [-0.2, -0.15) is 0 Å². The summed E-state index contributed by atoms with van der Waals surface area (Å²) < 4.78 is 1.64. The van der Waals surface area contributed by atoms with Crippen LogP contribution in [0.25, 0.3) is 15.9 Å². The van der Waals surface area contributed by atoms with Crippen LogP contribution in [0.4, 0.5) is 0 Å². The molecule has 0 saturated heterocycles. The summed E-state index contributed by atoms with van der Waals surface area (Å²) in [6, 6.07) is 0.